The second-order valence-electron chi connectivity index (χ2n) is 3.64. The molecule has 0 fully saturated rings. The molecule has 0 bridgehead atoms. The van der Waals surface area contributed by atoms with Crippen molar-refractivity contribution in [2.24, 2.45) is 10.9 Å². The molecular formula is C10H17N3OS. The van der Waals surface area contributed by atoms with Crippen LogP contribution in [0.5, 0.6) is 0 Å². The quantitative estimate of drug-likeness (QED) is 0.345. The zero-order chi connectivity index (χ0) is 11.3. The Hall–Kier alpha value is -1.07. The van der Waals surface area contributed by atoms with Crippen LogP contribution in [0.2, 0.25) is 0 Å². The third kappa shape index (κ3) is 3.89. The van der Waals surface area contributed by atoms with Crippen molar-refractivity contribution in [1.82, 2.24) is 4.90 Å². The van der Waals surface area contributed by atoms with Crippen LogP contribution in [0.15, 0.2) is 22.7 Å². The van der Waals surface area contributed by atoms with Crippen LogP contribution in [-0.2, 0) is 6.42 Å². The van der Waals surface area contributed by atoms with Crippen LogP contribution in [0, 0.1) is 0 Å². The molecule has 3 N–H and O–H groups in total. The first-order valence-corrected chi connectivity index (χ1v) is 5.70. The fraction of sp³-hybridized carbons (Fsp3) is 0.500. The van der Waals surface area contributed by atoms with Gasteiger partial charge in [-0.25, -0.2) is 0 Å². The molecule has 0 amide bonds. The Bertz CT molecular complexity index is 310. The Morgan fingerprint density at radius 1 is 1.73 bits per heavy atom. The van der Waals surface area contributed by atoms with Crippen molar-refractivity contribution in [2.45, 2.75) is 19.4 Å². The first-order chi connectivity index (χ1) is 7.13. The number of nitrogens with zero attached hydrogens (tertiary/aromatic N) is 2. The highest BCUT2D eigenvalue weighted by Crippen LogP contribution is 2.13. The largest absolute Gasteiger partial charge is 0.409 e. The molecule has 1 rings (SSSR count). The van der Waals surface area contributed by atoms with Gasteiger partial charge in [0.25, 0.3) is 0 Å². The highest BCUT2D eigenvalue weighted by molar-refractivity contribution is 7.09. The molecule has 0 aliphatic heterocycles. The van der Waals surface area contributed by atoms with Crippen molar-refractivity contribution in [1.29, 1.82) is 0 Å². The molecule has 0 aliphatic carbocycles. The molecule has 84 valence electrons. The van der Waals surface area contributed by atoms with Gasteiger partial charge in [0.05, 0.1) is 6.54 Å². The number of oxime groups is 1. The van der Waals surface area contributed by atoms with Crippen molar-refractivity contribution >= 4 is 17.2 Å². The molecule has 4 nitrogen and oxygen atoms in total. The van der Waals surface area contributed by atoms with E-state index in [2.05, 4.69) is 34.5 Å². The predicted molar refractivity (Wildman–Crippen MR) is 63.5 cm³/mol. The lowest BCUT2D eigenvalue weighted by atomic mass is 10.2. The van der Waals surface area contributed by atoms with Crippen molar-refractivity contribution in [2.75, 3.05) is 13.6 Å². The molecule has 1 atom stereocenters. The molecule has 0 aliphatic rings. The minimum atomic E-state index is 0.246. The number of likely N-dealkylation sites (N-methyl/N-ethyl adjacent to an activating group) is 1. The number of rotatable bonds is 5. The summed E-state index contributed by atoms with van der Waals surface area (Å²) >= 11 is 1.76. The Labute approximate surface area is 94.0 Å². The molecule has 1 aromatic heterocycles. The van der Waals surface area contributed by atoms with E-state index in [1.807, 2.05) is 7.05 Å². The van der Waals surface area contributed by atoms with E-state index < -0.39 is 0 Å². The topological polar surface area (TPSA) is 61.8 Å². The fourth-order valence-electron chi connectivity index (χ4n) is 1.32. The van der Waals surface area contributed by atoms with Gasteiger partial charge < -0.3 is 10.9 Å². The molecular weight excluding hydrogens is 210 g/mol. The van der Waals surface area contributed by atoms with E-state index in [0.29, 0.717) is 12.6 Å². The summed E-state index contributed by atoms with van der Waals surface area (Å²) in [7, 11) is 1.97. The van der Waals surface area contributed by atoms with E-state index in [1.54, 1.807) is 11.3 Å². The van der Waals surface area contributed by atoms with Gasteiger partial charge in [-0.3, -0.25) is 4.90 Å². The molecule has 15 heavy (non-hydrogen) atoms. The summed E-state index contributed by atoms with van der Waals surface area (Å²) in [4.78, 5) is 3.42. The van der Waals surface area contributed by atoms with Crippen LogP contribution in [0.25, 0.3) is 0 Å². The summed E-state index contributed by atoms with van der Waals surface area (Å²) in [5.41, 5.74) is 5.45. The number of hydrogen-bond acceptors (Lipinski definition) is 4. The summed E-state index contributed by atoms with van der Waals surface area (Å²) in [5.74, 6) is 0.246. The Balaban J connectivity index is 2.43. The summed E-state index contributed by atoms with van der Waals surface area (Å²) < 4.78 is 0. The van der Waals surface area contributed by atoms with Gasteiger partial charge in [-0.1, -0.05) is 11.2 Å². The first-order valence-electron chi connectivity index (χ1n) is 4.82. The summed E-state index contributed by atoms with van der Waals surface area (Å²) in [5, 5.41) is 13.5. The maximum atomic E-state index is 8.46. The van der Waals surface area contributed by atoms with E-state index in [1.165, 1.54) is 4.88 Å². The van der Waals surface area contributed by atoms with Crippen molar-refractivity contribution < 1.29 is 5.21 Å². The Kier molecular flexibility index (Phi) is 4.58. The average Bonchev–Trinajstić information content (AvgIpc) is 2.70. The molecule has 0 aromatic carbocycles. The molecule has 0 spiro atoms. The average molecular weight is 227 g/mol. The van der Waals surface area contributed by atoms with Gasteiger partial charge in [0.1, 0.15) is 0 Å². The summed E-state index contributed by atoms with van der Waals surface area (Å²) in [6.07, 6.45) is 0.993. The van der Waals surface area contributed by atoms with E-state index in [9.17, 15) is 0 Å². The molecule has 0 radical (unpaired) electrons. The SMILES string of the molecule is CC(Cc1cccs1)N(C)CC(N)=NO. The van der Waals surface area contributed by atoms with Gasteiger partial charge in [0.15, 0.2) is 5.84 Å². The van der Waals surface area contributed by atoms with Crippen molar-refractivity contribution in [3.63, 3.8) is 0 Å². The molecule has 1 aromatic rings. The number of amidine groups is 1. The lowest BCUT2D eigenvalue weighted by molar-refractivity contribution is 0.278. The monoisotopic (exact) mass is 227 g/mol. The van der Waals surface area contributed by atoms with Crippen molar-refractivity contribution in [3.8, 4) is 0 Å². The van der Waals surface area contributed by atoms with Gasteiger partial charge in [-0.15, -0.1) is 11.3 Å². The minimum Gasteiger partial charge on any atom is -0.409 e. The zero-order valence-electron chi connectivity index (χ0n) is 9.05. The predicted octanol–water partition coefficient (Wildman–Crippen LogP) is 1.36. The van der Waals surface area contributed by atoms with Crippen LogP contribution in [0.1, 0.15) is 11.8 Å². The van der Waals surface area contributed by atoms with Gasteiger partial charge in [0.2, 0.25) is 0 Å². The van der Waals surface area contributed by atoms with Crippen LogP contribution in [0.3, 0.4) is 0 Å². The molecule has 1 unspecified atom stereocenters. The Morgan fingerprint density at radius 3 is 3.00 bits per heavy atom. The molecule has 0 saturated heterocycles. The van der Waals surface area contributed by atoms with Crippen LogP contribution in [0.4, 0.5) is 0 Å². The van der Waals surface area contributed by atoms with Gasteiger partial charge in [-0.2, -0.15) is 0 Å². The second kappa shape index (κ2) is 5.72. The lowest BCUT2D eigenvalue weighted by Crippen LogP contribution is -2.37. The highest BCUT2D eigenvalue weighted by Gasteiger charge is 2.11. The number of thiophene rings is 1. The maximum Gasteiger partial charge on any atom is 0.153 e. The lowest BCUT2D eigenvalue weighted by Gasteiger charge is -2.23. The van der Waals surface area contributed by atoms with E-state index in [-0.39, 0.29) is 5.84 Å². The number of nitrogens with two attached hydrogens (primary N) is 1. The zero-order valence-corrected chi connectivity index (χ0v) is 9.87. The standard InChI is InChI=1S/C10H17N3OS/c1-8(6-9-4-3-5-15-9)13(2)7-10(11)12-14/h3-5,8,14H,6-7H2,1-2H3,(H2,11,12). The third-order valence-corrected chi connectivity index (χ3v) is 3.27. The summed E-state index contributed by atoms with van der Waals surface area (Å²) in [6.45, 7) is 2.62. The molecule has 5 heteroatoms. The van der Waals surface area contributed by atoms with Gasteiger partial charge in [0, 0.05) is 10.9 Å². The maximum absolute atomic E-state index is 8.46. The van der Waals surface area contributed by atoms with Crippen LogP contribution < -0.4 is 5.73 Å². The second-order valence-corrected chi connectivity index (χ2v) is 4.67. The molecule has 1 heterocycles. The minimum absolute atomic E-state index is 0.246. The third-order valence-electron chi connectivity index (χ3n) is 2.37. The fourth-order valence-corrected chi connectivity index (χ4v) is 2.15. The normalized spacial score (nSPS) is 14.5. The van der Waals surface area contributed by atoms with Gasteiger partial charge in [-0.05, 0) is 31.8 Å². The van der Waals surface area contributed by atoms with Crippen molar-refractivity contribution in [3.05, 3.63) is 22.4 Å². The Morgan fingerprint density at radius 2 is 2.47 bits per heavy atom. The van der Waals surface area contributed by atoms with E-state index in [0.717, 1.165) is 6.42 Å². The van der Waals surface area contributed by atoms with E-state index >= 15 is 0 Å². The van der Waals surface area contributed by atoms with Crippen LogP contribution in [-0.4, -0.2) is 35.6 Å². The smallest absolute Gasteiger partial charge is 0.153 e. The summed E-state index contributed by atoms with van der Waals surface area (Å²) in [6, 6.07) is 4.55. The van der Waals surface area contributed by atoms with Crippen LogP contribution >= 0.6 is 11.3 Å². The highest BCUT2D eigenvalue weighted by atomic mass is 32.1. The molecule has 0 saturated carbocycles. The van der Waals surface area contributed by atoms with E-state index in [4.69, 9.17) is 10.9 Å². The van der Waals surface area contributed by atoms with Gasteiger partial charge >= 0.3 is 0 Å². The number of hydrogen-bond donors (Lipinski definition) is 2. The first kappa shape index (κ1) is 12.0.